The van der Waals surface area contributed by atoms with Gasteiger partial charge < -0.3 is 9.80 Å². The van der Waals surface area contributed by atoms with Crippen molar-refractivity contribution in [1.82, 2.24) is 15.1 Å². The number of hydrogen-bond acceptors (Lipinski definition) is 6. The number of nitrogens with zero attached hydrogens (tertiary/aromatic N) is 3. The highest BCUT2D eigenvalue weighted by molar-refractivity contribution is 8.14. The summed E-state index contributed by atoms with van der Waals surface area (Å²) in [6.45, 7) is 4.51. The van der Waals surface area contributed by atoms with Crippen LogP contribution in [0.25, 0.3) is 0 Å². The van der Waals surface area contributed by atoms with Crippen LogP contribution in [0.5, 0.6) is 0 Å². The van der Waals surface area contributed by atoms with E-state index in [2.05, 4.69) is 17.2 Å². The van der Waals surface area contributed by atoms with E-state index in [0.717, 1.165) is 19.4 Å². The van der Waals surface area contributed by atoms with Crippen molar-refractivity contribution in [1.29, 1.82) is 0 Å². The summed E-state index contributed by atoms with van der Waals surface area (Å²) in [5.74, 6) is 0.0965. The summed E-state index contributed by atoms with van der Waals surface area (Å²) in [6, 6.07) is -0.914. The lowest BCUT2D eigenvalue weighted by Crippen LogP contribution is -2.63. The van der Waals surface area contributed by atoms with Crippen LogP contribution in [0.1, 0.15) is 78.1 Å². The number of carbonyl (C=O) groups excluding carboxylic acids is 3. The van der Waals surface area contributed by atoms with Gasteiger partial charge in [-0.2, -0.15) is 0 Å². The fourth-order valence-corrected chi connectivity index (χ4v) is 4.68. The summed E-state index contributed by atoms with van der Waals surface area (Å²) < 4.78 is 0. The monoisotopic (exact) mass is 424 g/mol. The van der Waals surface area contributed by atoms with E-state index in [9.17, 15) is 14.4 Å². The molecule has 164 valence electrons. The van der Waals surface area contributed by atoms with Gasteiger partial charge in [-0.05, 0) is 13.3 Å². The van der Waals surface area contributed by atoms with Crippen LogP contribution in [0.2, 0.25) is 0 Å². The molecule has 0 aromatic rings. The lowest BCUT2D eigenvalue weighted by Gasteiger charge is -2.36. The van der Waals surface area contributed by atoms with E-state index in [1.54, 1.807) is 14.0 Å². The first-order valence-electron chi connectivity index (χ1n) is 11.0. The van der Waals surface area contributed by atoms with E-state index >= 15 is 0 Å². The summed E-state index contributed by atoms with van der Waals surface area (Å²) in [4.78, 5) is 43.8. The number of hydrogen-bond donors (Lipinski definition) is 1. The number of imide groups is 1. The van der Waals surface area contributed by atoms with E-state index in [0.29, 0.717) is 10.9 Å². The number of urea groups is 1. The molecule has 1 fully saturated rings. The molecule has 0 aliphatic carbocycles. The van der Waals surface area contributed by atoms with Crippen LogP contribution in [0.4, 0.5) is 4.79 Å². The zero-order valence-electron chi connectivity index (χ0n) is 18.1. The molecule has 2 unspecified atom stereocenters. The molecule has 2 heterocycles. The molecule has 2 atom stereocenters. The Morgan fingerprint density at radius 2 is 1.62 bits per heavy atom. The van der Waals surface area contributed by atoms with Crippen LogP contribution < -0.4 is 5.32 Å². The van der Waals surface area contributed by atoms with Crippen LogP contribution in [-0.4, -0.2) is 64.2 Å². The van der Waals surface area contributed by atoms with Crippen molar-refractivity contribution in [3.63, 3.8) is 0 Å². The van der Waals surface area contributed by atoms with Gasteiger partial charge in [0.25, 0.3) is 5.91 Å². The Morgan fingerprint density at radius 3 is 2.21 bits per heavy atom. The van der Waals surface area contributed by atoms with E-state index < -0.39 is 18.2 Å². The quantitative estimate of drug-likeness (QED) is 0.455. The molecule has 1 saturated heterocycles. The second-order valence-electron chi connectivity index (χ2n) is 8.04. The number of Topliss-reactive ketones (excluding diaryl/α,β-unsaturated/α-hetero) is 1. The Labute approximate surface area is 179 Å². The van der Waals surface area contributed by atoms with E-state index in [1.165, 1.54) is 68.0 Å². The fourth-order valence-electron chi connectivity index (χ4n) is 3.79. The number of rotatable bonds is 13. The predicted molar refractivity (Wildman–Crippen MR) is 118 cm³/mol. The maximum absolute atomic E-state index is 12.5. The minimum absolute atomic E-state index is 0.0698. The maximum Gasteiger partial charge on any atom is 0.325 e. The Morgan fingerprint density at radius 1 is 1.03 bits per heavy atom. The zero-order valence-corrected chi connectivity index (χ0v) is 18.9. The molecule has 3 amide bonds. The van der Waals surface area contributed by atoms with Crippen molar-refractivity contribution in [2.24, 2.45) is 4.99 Å². The summed E-state index contributed by atoms with van der Waals surface area (Å²) in [5.41, 5.74) is 0. The van der Waals surface area contributed by atoms with Gasteiger partial charge in [-0.25, -0.2) is 9.79 Å². The number of nitrogens with one attached hydrogen (secondary N) is 1. The summed E-state index contributed by atoms with van der Waals surface area (Å²) in [5, 5.41) is 3.11. The van der Waals surface area contributed by atoms with Gasteiger partial charge in [0.05, 0.1) is 5.75 Å². The highest BCUT2D eigenvalue weighted by Crippen LogP contribution is 2.29. The number of fused-ring (bicyclic) bond motifs is 1. The maximum atomic E-state index is 12.5. The van der Waals surface area contributed by atoms with Crippen molar-refractivity contribution in [2.75, 3.05) is 19.3 Å². The van der Waals surface area contributed by atoms with Crippen molar-refractivity contribution in [2.45, 2.75) is 90.3 Å². The van der Waals surface area contributed by atoms with Gasteiger partial charge in [0.2, 0.25) is 0 Å². The average Bonchev–Trinajstić information content (AvgIpc) is 3.05. The fraction of sp³-hybridized carbons (Fsp3) is 0.810. The van der Waals surface area contributed by atoms with Crippen molar-refractivity contribution >= 4 is 34.7 Å². The van der Waals surface area contributed by atoms with E-state index in [1.807, 2.05) is 4.90 Å². The summed E-state index contributed by atoms with van der Waals surface area (Å²) in [6.07, 6.45) is 12.0. The minimum atomic E-state index is -0.506. The van der Waals surface area contributed by atoms with Gasteiger partial charge in [-0.15, -0.1) is 0 Å². The van der Waals surface area contributed by atoms with E-state index in [4.69, 9.17) is 0 Å². The first kappa shape index (κ1) is 23.7. The van der Waals surface area contributed by atoms with Gasteiger partial charge in [0.15, 0.2) is 17.4 Å². The Kier molecular flexibility index (Phi) is 9.97. The van der Waals surface area contributed by atoms with Crippen LogP contribution >= 0.6 is 11.8 Å². The number of aliphatic imine (C=N–C) groups is 1. The largest absolute Gasteiger partial charge is 0.336 e. The van der Waals surface area contributed by atoms with Gasteiger partial charge in [-0.1, -0.05) is 76.5 Å². The highest BCUT2D eigenvalue weighted by Gasteiger charge is 2.48. The molecule has 0 bridgehead atoms. The van der Waals surface area contributed by atoms with Crippen LogP contribution in [0, 0.1) is 0 Å². The second-order valence-corrected chi connectivity index (χ2v) is 8.98. The molecular formula is C21H36N4O3S. The Balaban J connectivity index is 1.80. The molecule has 29 heavy (non-hydrogen) atoms. The number of likely N-dealkylation sites (N-methyl/N-ethyl adjacent to an activating group) is 1. The lowest BCUT2D eigenvalue weighted by molar-refractivity contribution is -0.127. The molecule has 7 nitrogen and oxygen atoms in total. The Bertz CT molecular complexity index is 611. The SMILES string of the molecule is CCCCCCCCCCCCN1C(SCC(C)=O)=NC2C1C(=O)NC(=O)N2C. The number of thioether (sulfide) groups is 1. The lowest BCUT2D eigenvalue weighted by atomic mass is 10.1. The number of ketones is 1. The molecule has 0 radical (unpaired) electrons. The smallest absolute Gasteiger partial charge is 0.325 e. The zero-order chi connectivity index (χ0) is 21.2. The van der Waals surface area contributed by atoms with Crippen molar-refractivity contribution < 1.29 is 14.4 Å². The first-order valence-corrected chi connectivity index (χ1v) is 12.0. The topological polar surface area (TPSA) is 82.1 Å². The molecule has 0 aromatic carbocycles. The minimum Gasteiger partial charge on any atom is -0.336 e. The van der Waals surface area contributed by atoms with Crippen molar-refractivity contribution in [3.8, 4) is 0 Å². The van der Waals surface area contributed by atoms with Crippen LogP contribution in [0.15, 0.2) is 4.99 Å². The summed E-state index contributed by atoms with van der Waals surface area (Å²) in [7, 11) is 1.65. The highest BCUT2D eigenvalue weighted by atomic mass is 32.2. The third kappa shape index (κ3) is 7.01. The van der Waals surface area contributed by atoms with Gasteiger partial charge >= 0.3 is 6.03 Å². The number of unbranched alkanes of at least 4 members (excludes halogenated alkanes) is 9. The predicted octanol–water partition coefficient (Wildman–Crippen LogP) is 3.78. The molecule has 0 aromatic heterocycles. The molecule has 2 aliphatic heterocycles. The number of carbonyl (C=O) groups is 3. The average molecular weight is 425 g/mol. The molecule has 0 spiro atoms. The van der Waals surface area contributed by atoms with Crippen molar-refractivity contribution in [3.05, 3.63) is 0 Å². The number of amides is 3. The van der Waals surface area contributed by atoms with Gasteiger partial charge in [-0.3, -0.25) is 14.9 Å². The third-order valence-electron chi connectivity index (χ3n) is 5.48. The molecular weight excluding hydrogens is 388 g/mol. The first-order chi connectivity index (χ1) is 14.0. The number of amidine groups is 1. The molecule has 8 heteroatoms. The van der Waals surface area contributed by atoms with Gasteiger partial charge in [0.1, 0.15) is 5.78 Å². The molecule has 1 N–H and O–H groups in total. The van der Waals surface area contributed by atoms with Crippen LogP contribution in [0.3, 0.4) is 0 Å². The second kappa shape index (κ2) is 12.2. The standard InChI is InChI=1S/C21H36N4O3S/c1-4-5-6-7-8-9-10-11-12-13-14-25-17-18(22-21(25)29-15-16(2)26)24(3)20(28)23-19(17)27/h17-18H,4-15H2,1-3H3,(H,23,27,28). The Hall–Kier alpha value is -1.57. The molecule has 2 rings (SSSR count). The van der Waals surface area contributed by atoms with Crippen LogP contribution in [-0.2, 0) is 9.59 Å². The van der Waals surface area contributed by atoms with Gasteiger partial charge in [0, 0.05) is 13.6 Å². The third-order valence-corrected chi connectivity index (χ3v) is 6.63. The van der Waals surface area contributed by atoms with E-state index in [-0.39, 0.29) is 11.7 Å². The summed E-state index contributed by atoms with van der Waals surface area (Å²) >= 11 is 1.36. The normalized spacial score (nSPS) is 21.3. The molecule has 2 aliphatic rings. The molecule has 0 saturated carbocycles.